The van der Waals surface area contributed by atoms with Gasteiger partial charge < -0.3 is 15.0 Å². The van der Waals surface area contributed by atoms with Gasteiger partial charge >= 0.3 is 0 Å². The topological polar surface area (TPSA) is 41.6 Å². The lowest BCUT2D eigenvalue weighted by atomic mass is 10.1. The molecule has 2 rings (SSSR count). The fraction of sp³-hybridized carbons (Fsp3) is 0.588. The van der Waals surface area contributed by atoms with Crippen LogP contribution >= 0.6 is 12.4 Å². The number of amides is 1. The van der Waals surface area contributed by atoms with Gasteiger partial charge in [0.15, 0.2) is 0 Å². The van der Waals surface area contributed by atoms with Crippen molar-refractivity contribution >= 4 is 18.3 Å². The van der Waals surface area contributed by atoms with Gasteiger partial charge in [0.05, 0.1) is 13.0 Å². The van der Waals surface area contributed by atoms with Gasteiger partial charge in [0.25, 0.3) is 0 Å². The fourth-order valence-electron chi connectivity index (χ4n) is 2.45. The van der Waals surface area contributed by atoms with Crippen LogP contribution in [0, 0.1) is 5.92 Å². The first kappa shape index (κ1) is 18.8. The standard InChI is InChI=1S/C17H26N2O2.ClH/c1-13(2)12-21-16-6-4-15(5-7-16)10-17(20)19-9-8-18-11-14(19)3;/h4-7,13-14,18H,8-12H2,1-3H3;1H/t14-;/m1./s1. The van der Waals surface area contributed by atoms with Crippen LogP contribution in [0.4, 0.5) is 0 Å². The lowest BCUT2D eigenvalue weighted by molar-refractivity contribution is -0.133. The summed E-state index contributed by atoms with van der Waals surface area (Å²) in [5, 5.41) is 3.30. The van der Waals surface area contributed by atoms with Crippen molar-refractivity contribution < 1.29 is 9.53 Å². The van der Waals surface area contributed by atoms with Crippen LogP contribution in [0.15, 0.2) is 24.3 Å². The first-order valence-corrected chi connectivity index (χ1v) is 7.78. The van der Waals surface area contributed by atoms with E-state index in [9.17, 15) is 4.79 Å². The number of nitrogens with zero attached hydrogens (tertiary/aromatic N) is 1. The largest absolute Gasteiger partial charge is 0.493 e. The van der Waals surface area contributed by atoms with E-state index in [-0.39, 0.29) is 24.4 Å². The number of ether oxygens (including phenoxy) is 1. The maximum Gasteiger partial charge on any atom is 0.227 e. The first-order chi connectivity index (χ1) is 10.1. The summed E-state index contributed by atoms with van der Waals surface area (Å²) in [4.78, 5) is 14.3. The zero-order valence-corrected chi connectivity index (χ0v) is 14.5. The van der Waals surface area contributed by atoms with Crippen molar-refractivity contribution in [1.82, 2.24) is 10.2 Å². The van der Waals surface area contributed by atoms with Gasteiger partial charge in [-0.25, -0.2) is 0 Å². The summed E-state index contributed by atoms with van der Waals surface area (Å²) in [6.45, 7) is 9.63. The normalized spacial score (nSPS) is 18.0. The van der Waals surface area contributed by atoms with Crippen molar-refractivity contribution in [3.05, 3.63) is 29.8 Å². The van der Waals surface area contributed by atoms with E-state index in [0.717, 1.165) is 37.6 Å². The molecule has 22 heavy (non-hydrogen) atoms. The summed E-state index contributed by atoms with van der Waals surface area (Å²) >= 11 is 0. The zero-order chi connectivity index (χ0) is 15.2. The molecule has 5 heteroatoms. The molecular weight excluding hydrogens is 300 g/mol. The molecule has 0 aliphatic carbocycles. The molecule has 1 aromatic carbocycles. The average molecular weight is 327 g/mol. The van der Waals surface area contributed by atoms with Crippen LogP contribution in [-0.2, 0) is 11.2 Å². The summed E-state index contributed by atoms with van der Waals surface area (Å²) in [5.41, 5.74) is 1.04. The number of nitrogens with one attached hydrogen (secondary N) is 1. The number of hydrogen-bond acceptors (Lipinski definition) is 3. The fourth-order valence-corrected chi connectivity index (χ4v) is 2.45. The van der Waals surface area contributed by atoms with Crippen molar-refractivity contribution in [2.75, 3.05) is 26.2 Å². The molecule has 1 aliphatic heterocycles. The number of hydrogen-bond donors (Lipinski definition) is 1. The molecule has 1 aliphatic rings. The highest BCUT2D eigenvalue weighted by Gasteiger charge is 2.22. The Balaban J connectivity index is 0.00000242. The Morgan fingerprint density at radius 1 is 1.36 bits per heavy atom. The van der Waals surface area contributed by atoms with Gasteiger partial charge in [-0.05, 0) is 30.5 Å². The molecule has 1 amide bonds. The van der Waals surface area contributed by atoms with E-state index in [0.29, 0.717) is 12.3 Å². The Kier molecular flexibility index (Phi) is 7.69. The van der Waals surface area contributed by atoms with E-state index in [1.165, 1.54) is 0 Å². The second kappa shape index (κ2) is 9.01. The number of carbonyl (C=O) groups excluding carboxylic acids is 1. The van der Waals surface area contributed by atoms with Gasteiger partial charge in [0, 0.05) is 25.7 Å². The number of benzene rings is 1. The van der Waals surface area contributed by atoms with Crippen LogP contribution < -0.4 is 10.1 Å². The van der Waals surface area contributed by atoms with E-state index in [1.54, 1.807) is 0 Å². The van der Waals surface area contributed by atoms with Gasteiger partial charge in [-0.3, -0.25) is 4.79 Å². The van der Waals surface area contributed by atoms with Crippen LogP contribution in [-0.4, -0.2) is 43.1 Å². The smallest absolute Gasteiger partial charge is 0.227 e. The second-order valence-electron chi connectivity index (χ2n) is 6.17. The molecule has 1 aromatic rings. The summed E-state index contributed by atoms with van der Waals surface area (Å²) < 4.78 is 5.66. The Bertz CT molecular complexity index is 462. The lowest BCUT2D eigenvalue weighted by Gasteiger charge is -2.34. The van der Waals surface area contributed by atoms with Gasteiger partial charge in [0.1, 0.15) is 5.75 Å². The maximum atomic E-state index is 12.3. The number of halogens is 1. The average Bonchev–Trinajstić information content (AvgIpc) is 2.47. The minimum Gasteiger partial charge on any atom is -0.493 e. The molecule has 0 radical (unpaired) electrons. The summed E-state index contributed by atoms with van der Waals surface area (Å²) in [5.74, 6) is 1.59. The quantitative estimate of drug-likeness (QED) is 0.904. The molecule has 1 fully saturated rings. The number of carbonyl (C=O) groups is 1. The van der Waals surface area contributed by atoms with Crippen molar-refractivity contribution in [2.24, 2.45) is 5.92 Å². The van der Waals surface area contributed by atoms with Gasteiger partial charge in [-0.15, -0.1) is 12.4 Å². The minimum absolute atomic E-state index is 0. The van der Waals surface area contributed by atoms with Crippen LogP contribution in [0.3, 0.4) is 0 Å². The summed E-state index contributed by atoms with van der Waals surface area (Å²) in [6, 6.07) is 8.15. The third-order valence-corrected chi connectivity index (χ3v) is 3.68. The predicted octanol–water partition coefficient (Wildman–Crippen LogP) is 2.51. The molecular formula is C17H27ClN2O2. The van der Waals surface area contributed by atoms with Crippen molar-refractivity contribution in [3.8, 4) is 5.75 Å². The minimum atomic E-state index is 0. The van der Waals surface area contributed by atoms with E-state index in [2.05, 4.69) is 26.1 Å². The molecule has 0 aromatic heterocycles. The molecule has 1 atom stereocenters. The SMILES string of the molecule is CC(C)COc1ccc(CC(=O)N2CCNC[C@H]2C)cc1.Cl. The van der Waals surface area contributed by atoms with E-state index in [1.807, 2.05) is 29.2 Å². The van der Waals surface area contributed by atoms with Crippen molar-refractivity contribution in [3.63, 3.8) is 0 Å². The maximum absolute atomic E-state index is 12.3. The van der Waals surface area contributed by atoms with Crippen molar-refractivity contribution in [2.45, 2.75) is 33.2 Å². The Labute approximate surface area is 139 Å². The van der Waals surface area contributed by atoms with Gasteiger partial charge in [-0.1, -0.05) is 26.0 Å². The van der Waals surface area contributed by atoms with Crippen LogP contribution in [0.25, 0.3) is 0 Å². The predicted molar refractivity (Wildman–Crippen MR) is 91.8 cm³/mol. The third kappa shape index (κ3) is 5.50. The Hall–Kier alpha value is -1.26. The molecule has 1 heterocycles. The second-order valence-corrected chi connectivity index (χ2v) is 6.17. The first-order valence-electron chi connectivity index (χ1n) is 7.78. The molecule has 1 saturated heterocycles. The molecule has 0 unspecified atom stereocenters. The summed E-state index contributed by atoms with van der Waals surface area (Å²) in [7, 11) is 0. The highest BCUT2D eigenvalue weighted by Crippen LogP contribution is 2.15. The Morgan fingerprint density at radius 3 is 2.64 bits per heavy atom. The third-order valence-electron chi connectivity index (χ3n) is 3.68. The van der Waals surface area contributed by atoms with Gasteiger partial charge in [0.2, 0.25) is 5.91 Å². The monoisotopic (exact) mass is 326 g/mol. The molecule has 0 saturated carbocycles. The molecule has 0 spiro atoms. The van der Waals surface area contributed by atoms with Crippen LogP contribution in [0.5, 0.6) is 5.75 Å². The van der Waals surface area contributed by atoms with E-state index in [4.69, 9.17) is 4.74 Å². The van der Waals surface area contributed by atoms with Crippen LogP contribution in [0.2, 0.25) is 0 Å². The number of rotatable bonds is 5. The van der Waals surface area contributed by atoms with E-state index < -0.39 is 0 Å². The summed E-state index contributed by atoms with van der Waals surface area (Å²) in [6.07, 6.45) is 0.467. The highest BCUT2D eigenvalue weighted by molar-refractivity contribution is 5.85. The molecule has 124 valence electrons. The molecule has 4 nitrogen and oxygen atoms in total. The zero-order valence-electron chi connectivity index (χ0n) is 13.7. The number of piperazine rings is 1. The van der Waals surface area contributed by atoms with Crippen molar-refractivity contribution in [1.29, 1.82) is 0 Å². The molecule has 0 bridgehead atoms. The highest BCUT2D eigenvalue weighted by atomic mass is 35.5. The van der Waals surface area contributed by atoms with E-state index >= 15 is 0 Å². The lowest BCUT2D eigenvalue weighted by Crippen LogP contribution is -2.52. The Morgan fingerprint density at radius 2 is 2.05 bits per heavy atom. The molecule has 1 N–H and O–H groups in total. The van der Waals surface area contributed by atoms with Gasteiger partial charge in [-0.2, -0.15) is 0 Å². The van der Waals surface area contributed by atoms with Crippen LogP contribution in [0.1, 0.15) is 26.3 Å².